The summed E-state index contributed by atoms with van der Waals surface area (Å²) in [5.41, 5.74) is 0.955. The molecule has 1 spiro atoms. The minimum Gasteiger partial charge on any atom is -0.311 e. The van der Waals surface area contributed by atoms with Crippen molar-refractivity contribution in [3.8, 4) is 0 Å². The van der Waals surface area contributed by atoms with E-state index in [4.69, 9.17) is 0 Å². The number of hydrogen-bond acceptors (Lipinski definition) is 2. The molecule has 0 aromatic carbocycles. The molecule has 2 nitrogen and oxygen atoms in total. The van der Waals surface area contributed by atoms with Gasteiger partial charge in [0.1, 0.15) is 0 Å². The van der Waals surface area contributed by atoms with E-state index < -0.39 is 0 Å². The lowest BCUT2D eigenvalue weighted by molar-refractivity contribution is 0.0302. The molecule has 2 heteroatoms. The number of rotatable bonds is 4. The summed E-state index contributed by atoms with van der Waals surface area (Å²) in [7, 11) is 0. The Balaban J connectivity index is 1.99. The second-order valence-corrected chi connectivity index (χ2v) is 8.90. The fourth-order valence-corrected chi connectivity index (χ4v) is 4.02. The molecule has 20 heavy (non-hydrogen) atoms. The van der Waals surface area contributed by atoms with Gasteiger partial charge in [0, 0.05) is 24.7 Å². The van der Waals surface area contributed by atoms with Crippen LogP contribution in [-0.2, 0) is 0 Å². The molecule has 0 radical (unpaired) electrons. The van der Waals surface area contributed by atoms with Crippen molar-refractivity contribution in [2.24, 2.45) is 11.3 Å². The lowest BCUT2D eigenvalue weighted by atomic mass is 9.86. The molecule has 1 saturated heterocycles. The highest BCUT2D eigenvalue weighted by atomic mass is 15.3. The van der Waals surface area contributed by atoms with Crippen molar-refractivity contribution in [3.63, 3.8) is 0 Å². The van der Waals surface area contributed by atoms with Crippen molar-refractivity contribution >= 4 is 0 Å². The molecule has 0 amide bonds. The Kier molecular flexibility index (Phi) is 5.18. The third-order valence-electron chi connectivity index (χ3n) is 5.25. The van der Waals surface area contributed by atoms with Gasteiger partial charge < -0.3 is 5.32 Å². The van der Waals surface area contributed by atoms with E-state index in [-0.39, 0.29) is 0 Å². The van der Waals surface area contributed by atoms with Crippen LogP contribution in [0, 0.1) is 11.3 Å². The first-order valence-electron chi connectivity index (χ1n) is 8.79. The summed E-state index contributed by atoms with van der Waals surface area (Å²) in [6, 6.07) is 0.709. The van der Waals surface area contributed by atoms with E-state index in [1.165, 1.54) is 58.2 Å². The molecule has 1 N–H and O–H groups in total. The van der Waals surface area contributed by atoms with Crippen LogP contribution in [0.5, 0.6) is 0 Å². The standard InChI is InChI=1S/C18H36N2/c1-15(2)12-16-13-20(11-10-17(3,4)5)18(14-19-16)8-6-7-9-18/h15-16,19H,6-14H2,1-5H3. The highest BCUT2D eigenvalue weighted by molar-refractivity contribution is 5.02. The maximum Gasteiger partial charge on any atom is 0.0334 e. The van der Waals surface area contributed by atoms with Gasteiger partial charge in [-0.15, -0.1) is 0 Å². The Morgan fingerprint density at radius 2 is 1.85 bits per heavy atom. The van der Waals surface area contributed by atoms with E-state index in [1.807, 2.05) is 0 Å². The van der Waals surface area contributed by atoms with Gasteiger partial charge in [0.05, 0.1) is 0 Å². The number of hydrogen-bond donors (Lipinski definition) is 1. The topological polar surface area (TPSA) is 15.3 Å². The first-order valence-corrected chi connectivity index (χ1v) is 8.79. The molecule has 1 aliphatic carbocycles. The predicted molar refractivity (Wildman–Crippen MR) is 88.1 cm³/mol. The molecule has 1 saturated carbocycles. The SMILES string of the molecule is CC(C)CC1CN(CCC(C)(C)C)C2(CCCC2)CN1. The summed E-state index contributed by atoms with van der Waals surface area (Å²) >= 11 is 0. The van der Waals surface area contributed by atoms with Gasteiger partial charge in [-0.3, -0.25) is 4.90 Å². The average Bonchev–Trinajstić information content (AvgIpc) is 2.78. The van der Waals surface area contributed by atoms with E-state index in [2.05, 4.69) is 44.8 Å². The molecule has 0 bridgehead atoms. The van der Waals surface area contributed by atoms with Gasteiger partial charge in [-0.1, -0.05) is 47.5 Å². The monoisotopic (exact) mass is 280 g/mol. The van der Waals surface area contributed by atoms with Crippen LogP contribution in [-0.4, -0.2) is 36.1 Å². The van der Waals surface area contributed by atoms with E-state index in [0.29, 0.717) is 17.0 Å². The van der Waals surface area contributed by atoms with Crippen LogP contribution in [0.4, 0.5) is 0 Å². The fourth-order valence-electron chi connectivity index (χ4n) is 4.02. The second-order valence-electron chi connectivity index (χ2n) is 8.90. The Morgan fingerprint density at radius 3 is 2.40 bits per heavy atom. The zero-order chi connectivity index (χ0) is 14.8. The van der Waals surface area contributed by atoms with Crippen molar-refractivity contribution in [2.75, 3.05) is 19.6 Å². The third kappa shape index (κ3) is 4.21. The molecule has 2 rings (SSSR count). The molecule has 1 atom stereocenters. The first kappa shape index (κ1) is 16.3. The summed E-state index contributed by atoms with van der Waals surface area (Å²) in [5.74, 6) is 0.801. The van der Waals surface area contributed by atoms with E-state index in [0.717, 1.165) is 5.92 Å². The number of piperazine rings is 1. The Labute approximate surface area is 126 Å². The molecule has 0 aromatic rings. The van der Waals surface area contributed by atoms with Crippen LogP contribution in [0.25, 0.3) is 0 Å². The largest absolute Gasteiger partial charge is 0.311 e. The summed E-state index contributed by atoms with van der Waals surface area (Å²) in [4.78, 5) is 2.87. The molecule has 1 heterocycles. The quantitative estimate of drug-likeness (QED) is 0.835. The number of nitrogens with one attached hydrogen (secondary N) is 1. The van der Waals surface area contributed by atoms with Crippen LogP contribution in [0.15, 0.2) is 0 Å². The molecule has 1 unspecified atom stereocenters. The minimum atomic E-state index is 0.457. The predicted octanol–water partition coefficient (Wildman–Crippen LogP) is 4.06. The lowest BCUT2D eigenvalue weighted by Gasteiger charge is -2.49. The van der Waals surface area contributed by atoms with Gasteiger partial charge in [0.2, 0.25) is 0 Å². The Hall–Kier alpha value is -0.0800. The Morgan fingerprint density at radius 1 is 1.20 bits per heavy atom. The molecular formula is C18H36N2. The summed E-state index contributed by atoms with van der Waals surface area (Å²) in [6.07, 6.45) is 8.34. The summed E-state index contributed by atoms with van der Waals surface area (Å²) < 4.78 is 0. The van der Waals surface area contributed by atoms with Crippen LogP contribution in [0.3, 0.4) is 0 Å². The highest BCUT2D eigenvalue weighted by Gasteiger charge is 2.43. The van der Waals surface area contributed by atoms with Crippen LogP contribution in [0.2, 0.25) is 0 Å². The Bertz CT molecular complexity index is 297. The zero-order valence-electron chi connectivity index (χ0n) is 14.5. The van der Waals surface area contributed by atoms with Crippen molar-refractivity contribution in [1.82, 2.24) is 10.2 Å². The van der Waals surface area contributed by atoms with Gasteiger partial charge in [-0.25, -0.2) is 0 Å². The van der Waals surface area contributed by atoms with Crippen molar-refractivity contribution in [2.45, 2.75) is 84.7 Å². The van der Waals surface area contributed by atoms with E-state index in [9.17, 15) is 0 Å². The molecule has 0 aromatic heterocycles. The number of nitrogens with zero attached hydrogens (tertiary/aromatic N) is 1. The zero-order valence-corrected chi connectivity index (χ0v) is 14.5. The third-order valence-corrected chi connectivity index (χ3v) is 5.25. The van der Waals surface area contributed by atoms with Crippen LogP contribution in [0.1, 0.15) is 73.1 Å². The van der Waals surface area contributed by atoms with Crippen LogP contribution < -0.4 is 5.32 Å². The molecule has 118 valence electrons. The van der Waals surface area contributed by atoms with E-state index >= 15 is 0 Å². The van der Waals surface area contributed by atoms with Gasteiger partial charge in [0.25, 0.3) is 0 Å². The fraction of sp³-hybridized carbons (Fsp3) is 1.00. The smallest absolute Gasteiger partial charge is 0.0334 e. The second kappa shape index (κ2) is 6.36. The van der Waals surface area contributed by atoms with Crippen molar-refractivity contribution in [1.29, 1.82) is 0 Å². The molecule has 2 aliphatic rings. The summed E-state index contributed by atoms with van der Waals surface area (Å²) in [5, 5.41) is 3.87. The van der Waals surface area contributed by atoms with Gasteiger partial charge >= 0.3 is 0 Å². The van der Waals surface area contributed by atoms with Crippen molar-refractivity contribution < 1.29 is 0 Å². The van der Waals surface area contributed by atoms with E-state index in [1.54, 1.807) is 0 Å². The first-order chi connectivity index (χ1) is 9.31. The maximum absolute atomic E-state index is 3.87. The van der Waals surface area contributed by atoms with Gasteiger partial charge in [0.15, 0.2) is 0 Å². The normalized spacial score (nSPS) is 27.6. The summed E-state index contributed by atoms with van der Waals surface area (Å²) in [6.45, 7) is 15.6. The maximum atomic E-state index is 3.87. The average molecular weight is 280 g/mol. The van der Waals surface area contributed by atoms with Crippen LogP contribution >= 0.6 is 0 Å². The van der Waals surface area contributed by atoms with Gasteiger partial charge in [-0.05, 0) is 43.6 Å². The molecular weight excluding hydrogens is 244 g/mol. The van der Waals surface area contributed by atoms with Crippen molar-refractivity contribution in [3.05, 3.63) is 0 Å². The molecule has 2 fully saturated rings. The lowest BCUT2D eigenvalue weighted by Crippen LogP contribution is -2.64. The van der Waals surface area contributed by atoms with Gasteiger partial charge in [-0.2, -0.15) is 0 Å². The minimum absolute atomic E-state index is 0.457. The highest BCUT2D eigenvalue weighted by Crippen LogP contribution is 2.38. The molecule has 1 aliphatic heterocycles.